The number of carbonyl (C=O) groups is 1. The minimum atomic E-state index is -0.685. The number of hydrogen-bond acceptors (Lipinski definition) is 3. The van der Waals surface area contributed by atoms with Crippen molar-refractivity contribution in [1.82, 2.24) is 4.90 Å². The third-order valence-corrected chi connectivity index (χ3v) is 5.23. The van der Waals surface area contributed by atoms with E-state index < -0.39 is 23.0 Å². The molecule has 1 aliphatic heterocycles. The minimum absolute atomic E-state index is 0.175. The van der Waals surface area contributed by atoms with Gasteiger partial charge in [0.15, 0.2) is 0 Å². The third kappa shape index (κ3) is 3.76. The van der Waals surface area contributed by atoms with Crippen molar-refractivity contribution < 1.29 is 18.7 Å². The normalized spacial score (nSPS) is 18.6. The molecule has 2 atom stereocenters. The van der Waals surface area contributed by atoms with Gasteiger partial charge in [0, 0.05) is 24.1 Å². The van der Waals surface area contributed by atoms with E-state index in [4.69, 9.17) is 0 Å². The molecule has 1 N–H and O–H groups in total. The summed E-state index contributed by atoms with van der Waals surface area (Å²) in [6.45, 7) is 0.768. The fourth-order valence-corrected chi connectivity index (χ4v) is 3.81. The van der Waals surface area contributed by atoms with E-state index in [1.54, 1.807) is 4.90 Å². The van der Waals surface area contributed by atoms with Gasteiger partial charge in [-0.2, -0.15) is 0 Å². The molecule has 2 aromatic carbocycles. The van der Waals surface area contributed by atoms with Crippen LogP contribution in [0.4, 0.5) is 8.78 Å². The summed E-state index contributed by atoms with van der Waals surface area (Å²) in [5, 5.41) is 9.02. The predicted molar refractivity (Wildman–Crippen MR) is 88.6 cm³/mol. The largest absolute Gasteiger partial charge is 0.391 e. The van der Waals surface area contributed by atoms with Gasteiger partial charge in [0.1, 0.15) is 16.9 Å². The number of halogens is 2. The summed E-state index contributed by atoms with van der Waals surface area (Å²) in [6, 6.07) is 12.4. The van der Waals surface area contributed by atoms with E-state index in [0.29, 0.717) is 13.0 Å². The zero-order chi connectivity index (χ0) is 17.1. The number of benzene rings is 2. The first-order valence-corrected chi connectivity index (χ1v) is 8.56. The molecule has 1 saturated heterocycles. The summed E-state index contributed by atoms with van der Waals surface area (Å²) in [6.07, 6.45) is 0.0287. The van der Waals surface area contributed by atoms with Gasteiger partial charge in [-0.15, -0.1) is 11.8 Å². The molecule has 126 valence electrons. The van der Waals surface area contributed by atoms with Crippen LogP contribution < -0.4 is 0 Å². The van der Waals surface area contributed by atoms with Crippen LogP contribution in [0.5, 0.6) is 0 Å². The molecule has 3 rings (SSSR count). The zero-order valence-corrected chi connectivity index (χ0v) is 13.7. The molecule has 2 aromatic rings. The van der Waals surface area contributed by atoms with Gasteiger partial charge in [-0.1, -0.05) is 30.3 Å². The topological polar surface area (TPSA) is 40.5 Å². The van der Waals surface area contributed by atoms with Crippen LogP contribution in [0, 0.1) is 11.6 Å². The summed E-state index contributed by atoms with van der Waals surface area (Å²) >= 11 is 1.06. The van der Waals surface area contributed by atoms with E-state index in [1.807, 2.05) is 30.3 Å². The molecule has 1 amide bonds. The highest BCUT2D eigenvalue weighted by atomic mass is 32.2. The lowest BCUT2D eigenvalue weighted by Gasteiger charge is -2.23. The molecule has 1 aliphatic rings. The number of nitrogens with zero attached hydrogens (tertiary/aromatic N) is 1. The van der Waals surface area contributed by atoms with Gasteiger partial charge in [0.2, 0.25) is 5.91 Å². The van der Waals surface area contributed by atoms with Gasteiger partial charge in [0.05, 0.1) is 6.10 Å². The van der Waals surface area contributed by atoms with Crippen molar-refractivity contribution >= 4 is 17.7 Å². The van der Waals surface area contributed by atoms with Crippen LogP contribution in [-0.4, -0.2) is 35.1 Å². The molecular formula is C18H17F2NO2S. The number of aliphatic hydroxyl groups is 1. The van der Waals surface area contributed by atoms with Crippen molar-refractivity contribution in [3.05, 3.63) is 65.7 Å². The maximum atomic E-state index is 14.0. The molecule has 0 saturated carbocycles. The van der Waals surface area contributed by atoms with E-state index >= 15 is 0 Å². The Hall–Kier alpha value is -1.92. The van der Waals surface area contributed by atoms with E-state index in [9.17, 15) is 18.7 Å². The van der Waals surface area contributed by atoms with Crippen molar-refractivity contribution in [2.24, 2.45) is 0 Å². The lowest BCUT2D eigenvalue weighted by molar-refractivity contribution is -0.130. The number of β-amino-alcohol motifs (C(OH)–C–C–N with tert-alkyl or cyclic N) is 1. The van der Waals surface area contributed by atoms with Crippen LogP contribution >= 0.6 is 11.8 Å². The molecule has 0 aromatic heterocycles. The molecule has 1 fully saturated rings. The lowest BCUT2D eigenvalue weighted by atomic mass is 10.1. The molecule has 24 heavy (non-hydrogen) atoms. The Morgan fingerprint density at radius 3 is 2.58 bits per heavy atom. The lowest BCUT2D eigenvalue weighted by Crippen LogP contribution is -2.33. The predicted octanol–water partition coefficient (Wildman–Crippen LogP) is 3.39. The molecule has 0 spiro atoms. The van der Waals surface area contributed by atoms with E-state index in [1.165, 1.54) is 12.1 Å². The standard InChI is InChI=1S/C18H17F2NO2S/c19-13-6-7-16(15(20)10-13)24-17(12-4-2-1-3-5-12)18(23)21-9-8-14(22)11-21/h1-7,10,14,17,22H,8-9,11H2/t14-,17?/m1/s1. The van der Waals surface area contributed by atoms with Crippen LogP contribution in [0.2, 0.25) is 0 Å². The van der Waals surface area contributed by atoms with E-state index in [2.05, 4.69) is 0 Å². The first kappa shape index (κ1) is 16.9. The summed E-state index contributed by atoms with van der Waals surface area (Å²) in [5.41, 5.74) is 0.748. The van der Waals surface area contributed by atoms with Gasteiger partial charge in [-0.25, -0.2) is 8.78 Å². The second-order valence-electron chi connectivity index (χ2n) is 5.71. The molecule has 3 nitrogen and oxygen atoms in total. The Kier molecular flexibility index (Phi) is 5.16. The van der Waals surface area contributed by atoms with Gasteiger partial charge in [-0.3, -0.25) is 4.79 Å². The maximum Gasteiger partial charge on any atom is 0.240 e. The number of carbonyl (C=O) groups excluding carboxylic acids is 1. The summed E-state index contributed by atoms with van der Waals surface area (Å²) in [7, 11) is 0. The number of amides is 1. The summed E-state index contributed by atoms with van der Waals surface area (Å²) < 4.78 is 27.1. The number of hydrogen-bond donors (Lipinski definition) is 1. The quantitative estimate of drug-likeness (QED) is 0.860. The third-order valence-electron chi connectivity index (χ3n) is 3.94. The number of rotatable bonds is 4. The van der Waals surface area contributed by atoms with Crippen LogP contribution in [0.1, 0.15) is 17.2 Å². The summed E-state index contributed by atoms with van der Waals surface area (Å²) in [4.78, 5) is 14.7. The maximum absolute atomic E-state index is 14.0. The van der Waals surface area contributed by atoms with Crippen molar-refractivity contribution in [1.29, 1.82) is 0 Å². The Balaban J connectivity index is 1.89. The van der Waals surface area contributed by atoms with Crippen LogP contribution in [0.25, 0.3) is 0 Å². The number of likely N-dealkylation sites (tertiary alicyclic amines) is 1. The highest BCUT2D eigenvalue weighted by molar-refractivity contribution is 8.00. The number of thioether (sulfide) groups is 1. The summed E-state index contributed by atoms with van der Waals surface area (Å²) in [5.74, 6) is -1.51. The van der Waals surface area contributed by atoms with Gasteiger partial charge in [0.25, 0.3) is 0 Å². The molecule has 0 radical (unpaired) electrons. The fraction of sp³-hybridized carbons (Fsp3) is 0.278. The average molecular weight is 349 g/mol. The van der Waals surface area contributed by atoms with Crippen LogP contribution in [0.3, 0.4) is 0 Å². The van der Waals surface area contributed by atoms with Crippen LogP contribution in [0.15, 0.2) is 53.4 Å². The fourth-order valence-electron chi connectivity index (χ4n) is 2.69. The smallest absolute Gasteiger partial charge is 0.240 e. The van der Waals surface area contributed by atoms with Gasteiger partial charge in [-0.05, 0) is 24.1 Å². The molecule has 1 unspecified atom stereocenters. The Morgan fingerprint density at radius 1 is 1.21 bits per heavy atom. The first-order chi connectivity index (χ1) is 11.5. The van der Waals surface area contributed by atoms with Crippen molar-refractivity contribution in [2.75, 3.05) is 13.1 Å². The molecule has 0 aliphatic carbocycles. The van der Waals surface area contributed by atoms with Crippen molar-refractivity contribution in [3.63, 3.8) is 0 Å². The van der Waals surface area contributed by atoms with Crippen LogP contribution in [-0.2, 0) is 4.79 Å². The van der Waals surface area contributed by atoms with E-state index in [-0.39, 0.29) is 17.3 Å². The van der Waals surface area contributed by atoms with Crippen molar-refractivity contribution in [2.45, 2.75) is 22.7 Å². The monoisotopic (exact) mass is 349 g/mol. The highest BCUT2D eigenvalue weighted by Gasteiger charge is 2.32. The van der Waals surface area contributed by atoms with E-state index in [0.717, 1.165) is 23.4 Å². The van der Waals surface area contributed by atoms with Gasteiger partial charge >= 0.3 is 0 Å². The minimum Gasteiger partial charge on any atom is -0.391 e. The number of aliphatic hydroxyl groups excluding tert-OH is 1. The first-order valence-electron chi connectivity index (χ1n) is 7.68. The molecule has 0 bridgehead atoms. The zero-order valence-electron chi connectivity index (χ0n) is 12.9. The molecule has 6 heteroatoms. The SMILES string of the molecule is O=C(C(Sc1ccc(F)cc1F)c1ccccc1)N1CC[C@@H](O)C1. The Labute approximate surface area is 143 Å². The molecule has 1 heterocycles. The second-order valence-corrected chi connectivity index (χ2v) is 6.86. The Morgan fingerprint density at radius 2 is 1.96 bits per heavy atom. The van der Waals surface area contributed by atoms with Crippen molar-refractivity contribution in [3.8, 4) is 0 Å². The van der Waals surface area contributed by atoms with Gasteiger partial charge < -0.3 is 10.0 Å². The molecular weight excluding hydrogens is 332 g/mol. The second kappa shape index (κ2) is 7.32. The average Bonchev–Trinajstić information content (AvgIpc) is 3.01. The Bertz CT molecular complexity index is 726. The highest BCUT2D eigenvalue weighted by Crippen LogP contribution is 2.38.